The minimum absolute atomic E-state index is 0. The Morgan fingerprint density at radius 2 is 1.48 bits per heavy atom. The Bertz CT molecular complexity index is 351. The van der Waals surface area contributed by atoms with Crippen molar-refractivity contribution in [3.63, 3.8) is 0 Å². The summed E-state index contributed by atoms with van der Waals surface area (Å²) < 4.78 is 0. The first-order chi connectivity index (χ1) is 9.79. The minimum Gasteiger partial charge on any atom is -0.324 e. The second-order valence-electron chi connectivity index (χ2n) is 5.97. The summed E-state index contributed by atoms with van der Waals surface area (Å²) in [5.74, 6) is 0. The van der Waals surface area contributed by atoms with Crippen LogP contribution in [0.2, 0.25) is 0 Å². The number of aryl methyl sites for hydroxylation is 1. The van der Waals surface area contributed by atoms with Gasteiger partial charge in [0, 0.05) is 6.04 Å². The zero-order valence-corrected chi connectivity index (χ0v) is 14.8. The summed E-state index contributed by atoms with van der Waals surface area (Å²) in [6.07, 6.45) is 13.0. The predicted octanol–water partition coefficient (Wildman–Crippen LogP) is 6.20. The lowest BCUT2D eigenvalue weighted by molar-refractivity contribution is 0.539. The smallest absolute Gasteiger partial charge is 0.0297 e. The average molecular weight is 312 g/mol. The zero-order chi connectivity index (χ0) is 14.6. The fourth-order valence-corrected chi connectivity index (χ4v) is 2.87. The van der Waals surface area contributed by atoms with Gasteiger partial charge in [0.1, 0.15) is 0 Å². The summed E-state index contributed by atoms with van der Waals surface area (Å²) in [6, 6.07) is 8.95. The van der Waals surface area contributed by atoms with Gasteiger partial charge < -0.3 is 5.73 Å². The van der Waals surface area contributed by atoms with Gasteiger partial charge in [-0.2, -0.15) is 0 Å². The van der Waals surface area contributed by atoms with Crippen LogP contribution in [0.15, 0.2) is 24.3 Å². The van der Waals surface area contributed by atoms with Crippen LogP contribution in [0.4, 0.5) is 0 Å². The van der Waals surface area contributed by atoms with Gasteiger partial charge in [0.15, 0.2) is 0 Å². The lowest BCUT2D eigenvalue weighted by atomic mass is 9.94. The van der Waals surface area contributed by atoms with Gasteiger partial charge in [-0.05, 0) is 24.0 Å². The van der Waals surface area contributed by atoms with E-state index in [-0.39, 0.29) is 18.4 Å². The molecule has 0 saturated heterocycles. The van der Waals surface area contributed by atoms with Crippen LogP contribution >= 0.6 is 12.4 Å². The van der Waals surface area contributed by atoms with Crippen LogP contribution < -0.4 is 5.73 Å². The van der Waals surface area contributed by atoms with E-state index in [9.17, 15) is 0 Å². The third-order valence-corrected chi connectivity index (χ3v) is 4.09. The first kappa shape index (κ1) is 20.5. The molecule has 0 spiro atoms. The lowest BCUT2D eigenvalue weighted by Crippen LogP contribution is -2.12. The molecule has 0 bridgehead atoms. The van der Waals surface area contributed by atoms with Crippen molar-refractivity contribution in [2.24, 2.45) is 5.73 Å². The van der Waals surface area contributed by atoms with Gasteiger partial charge >= 0.3 is 0 Å². The van der Waals surface area contributed by atoms with E-state index in [4.69, 9.17) is 5.73 Å². The van der Waals surface area contributed by atoms with Gasteiger partial charge in [0.2, 0.25) is 0 Å². The first-order valence-electron chi connectivity index (χ1n) is 8.63. The van der Waals surface area contributed by atoms with Gasteiger partial charge in [0.05, 0.1) is 0 Å². The second-order valence-corrected chi connectivity index (χ2v) is 5.97. The van der Waals surface area contributed by atoms with Crippen molar-refractivity contribution in [3.05, 3.63) is 35.4 Å². The lowest BCUT2D eigenvalue weighted by Gasteiger charge is -2.16. The van der Waals surface area contributed by atoms with E-state index in [1.54, 1.807) is 0 Å². The molecule has 0 aliphatic rings. The maximum absolute atomic E-state index is 6.39. The summed E-state index contributed by atoms with van der Waals surface area (Å²) in [5.41, 5.74) is 9.21. The molecular formula is C19H34ClN. The van der Waals surface area contributed by atoms with Crippen LogP contribution in [0, 0.1) is 0 Å². The van der Waals surface area contributed by atoms with Gasteiger partial charge in [0.25, 0.3) is 0 Å². The largest absolute Gasteiger partial charge is 0.324 e. The van der Waals surface area contributed by atoms with Crippen molar-refractivity contribution in [3.8, 4) is 0 Å². The minimum atomic E-state index is 0. The molecule has 1 aromatic rings. The molecule has 0 heterocycles. The highest BCUT2D eigenvalue weighted by atomic mass is 35.5. The summed E-state index contributed by atoms with van der Waals surface area (Å²) in [7, 11) is 0. The molecule has 1 rings (SSSR count). The molecule has 0 saturated carbocycles. The van der Waals surface area contributed by atoms with Crippen molar-refractivity contribution in [2.75, 3.05) is 0 Å². The first-order valence-corrected chi connectivity index (χ1v) is 8.63. The molecule has 2 heteroatoms. The maximum atomic E-state index is 6.39. The molecule has 0 amide bonds. The summed E-state index contributed by atoms with van der Waals surface area (Å²) in [4.78, 5) is 0. The van der Waals surface area contributed by atoms with Crippen LogP contribution in [0.1, 0.15) is 88.8 Å². The average Bonchev–Trinajstić information content (AvgIpc) is 2.47. The molecule has 0 radical (unpaired) electrons. The number of hydrogen-bond donors (Lipinski definition) is 1. The Morgan fingerprint density at radius 1 is 0.857 bits per heavy atom. The van der Waals surface area contributed by atoms with Crippen LogP contribution in [0.3, 0.4) is 0 Å². The summed E-state index contributed by atoms with van der Waals surface area (Å²) in [6.45, 7) is 4.51. The van der Waals surface area contributed by atoms with E-state index in [2.05, 4.69) is 38.1 Å². The topological polar surface area (TPSA) is 26.0 Å². The van der Waals surface area contributed by atoms with Crippen LogP contribution in [-0.4, -0.2) is 0 Å². The molecule has 122 valence electrons. The third-order valence-electron chi connectivity index (χ3n) is 4.09. The zero-order valence-electron chi connectivity index (χ0n) is 13.9. The van der Waals surface area contributed by atoms with E-state index in [1.165, 1.54) is 62.5 Å². The van der Waals surface area contributed by atoms with Crippen molar-refractivity contribution in [2.45, 2.75) is 84.1 Å². The number of hydrogen-bond acceptors (Lipinski definition) is 1. The fourth-order valence-electron chi connectivity index (χ4n) is 2.87. The molecule has 0 fully saturated rings. The number of nitrogens with two attached hydrogens (primary N) is 1. The Kier molecular flexibility index (Phi) is 12.8. The highest BCUT2D eigenvalue weighted by molar-refractivity contribution is 5.85. The molecule has 1 atom stereocenters. The molecule has 0 aliphatic heterocycles. The molecule has 1 nitrogen and oxygen atoms in total. The normalized spacial score (nSPS) is 12.0. The van der Waals surface area contributed by atoms with Gasteiger partial charge in [-0.3, -0.25) is 0 Å². The highest BCUT2D eigenvalue weighted by Crippen LogP contribution is 2.22. The molecule has 0 aliphatic carbocycles. The van der Waals surface area contributed by atoms with Crippen molar-refractivity contribution in [1.82, 2.24) is 0 Å². The van der Waals surface area contributed by atoms with Crippen molar-refractivity contribution >= 4 is 12.4 Å². The Balaban J connectivity index is 0.00000400. The van der Waals surface area contributed by atoms with E-state index >= 15 is 0 Å². The molecule has 0 aromatic heterocycles. The Hall–Kier alpha value is -0.530. The van der Waals surface area contributed by atoms with Crippen LogP contribution in [0.5, 0.6) is 0 Å². The van der Waals surface area contributed by atoms with Gasteiger partial charge in [-0.25, -0.2) is 0 Å². The second kappa shape index (κ2) is 13.2. The number of unbranched alkanes of at least 4 members (excludes halogenated alkanes) is 6. The quantitative estimate of drug-likeness (QED) is 0.484. The number of rotatable bonds is 11. The highest BCUT2D eigenvalue weighted by Gasteiger charge is 2.09. The van der Waals surface area contributed by atoms with Crippen LogP contribution in [0.25, 0.3) is 0 Å². The maximum Gasteiger partial charge on any atom is 0.0297 e. The molecule has 1 aromatic carbocycles. The van der Waals surface area contributed by atoms with Crippen molar-refractivity contribution in [1.29, 1.82) is 0 Å². The van der Waals surface area contributed by atoms with E-state index in [0.29, 0.717) is 0 Å². The third kappa shape index (κ3) is 8.48. The van der Waals surface area contributed by atoms with E-state index in [0.717, 1.165) is 12.8 Å². The standard InChI is InChI=1S/C19H33N.ClH/c1-3-5-6-7-8-9-10-16-19(20)18-15-12-11-14-17(18)13-4-2;/h11-12,14-15,19H,3-10,13,16,20H2,1-2H3;1H. The summed E-state index contributed by atoms with van der Waals surface area (Å²) in [5, 5.41) is 0. The molecule has 2 N–H and O–H groups in total. The number of halogens is 1. The van der Waals surface area contributed by atoms with E-state index in [1.807, 2.05) is 0 Å². The SMILES string of the molecule is CCCCCCCCCC(N)c1ccccc1CCC.Cl. The van der Waals surface area contributed by atoms with E-state index < -0.39 is 0 Å². The van der Waals surface area contributed by atoms with Crippen molar-refractivity contribution < 1.29 is 0 Å². The Labute approximate surface area is 138 Å². The Morgan fingerprint density at radius 3 is 2.14 bits per heavy atom. The van der Waals surface area contributed by atoms with Gasteiger partial charge in [-0.15, -0.1) is 12.4 Å². The monoisotopic (exact) mass is 311 g/mol. The molecule has 1 unspecified atom stereocenters. The summed E-state index contributed by atoms with van der Waals surface area (Å²) >= 11 is 0. The predicted molar refractivity (Wildman–Crippen MR) is 97.2 cm³/mol. The van der Waals surface area contributed by atoms with Gasteiger partial charge in [-0.1, -0.05) is 89.5 Å². The van der Waals surface area contributed by atoms with Crippen LogP contribution in [-0.2, 0) is 6.42 Å². The molecular weight excluding hydrogens is 278 g/mol. The fraction of sp³-hybridized carbons (Fsp3) is 0.684. The molecule has 21 heavy (non-hydrogen) atoms. The number of benzene rings is 1.